The minimum absolute atomic E-state index is 0.0706. The summed E-state index contributed by atoms with van der Waals surface area (Å²) in [6.45, 7) is 4.17. The first kappa shape index (κ1) is 10.4. The second kappa shape index (κ2) is 5.16. The number of rotatable bonds is 4. The molecule has 0 atom stereocenters. The Balaban J connectivity index is 2.28. The van der Waals surface area contributed by atoms with Crippen molar-refractivity contribution >= 4 is 5.91 Å². The summed E-state index contributed by atoms with van der Waals surface area (Å²) in [6.07, 6.45) is 1.63. The van der Waals surface area contributed by atoms with Crippen LogP contribution in [0.2, 0.25) is 0 Å². The van der Waals surface area contributed by atoms with Crippen LogP contribution in [-0.2, 0) is 4.79 Å². The summed E-state index contributed by atoms with van der Waals surface area (Å²) >= 11 is 0. The summed E-state index contributed by atoms with van der Waals surface area (Å²) in [6, 6.07) is 2.14. The van der Waals surface area contributed by atoms with E-state index in [4.69, 9.17) is 4.74 Å². The van der Waals surface area contributed by atoms with Crippen LogP contribution < -0.4 is 10.1 Å². The van der Waals surface area contributed by atoms with Gasteiger partial charge in [-0.1, -0.05) is 0 Å². The molecule has 5 heteroatoms. The Hall–Kier alpha value is -1.65. The number of nitrogens with zero attached hydrogens (tertiary/aromatic N) is 2. The summed E-state index contributed by atoms with van der Waals surface area (Å²) in [5.74, 6) is -0.0706. The molecule has 1 aromatic rings. The first-order valence-electron chi connectivity index (χ1n) is 4.35. The Morgan fingerprint density at radius 1 is 1.64 bits per heavy atom. The number of carbonyl (C=O) groups is 1. The van der Waals surface area contributed by atoms with Gasteiger partial charge in [-0.15, -0.1) is 0 Å². The molecule has 0 unspecified atom stereocenters. The van der Waals surface area contributed by atoms with Crippen molar-refractivity contribution in [2.75, 3.05) is 13.2 Å². The van der Waals surface area contributed by atoms with Crippen molar-refractivity contribution < 1.29 is 9.53 Å². The zero-order chi connectivity index (χ0) is 10.4. The van der Waals surface area contributed by atoms with Gasteiger partial charge in [-0.25, -0.2) is 9.97 Å². The van der Waals surface area contributed by atoms with E-state index in [1.165, 1.54) is 6.92 Å². The van der Waals surface area contributed by atoms with E-state index < -0.39 is 0 Å². The fourth-order valence-electron chi connectivity index (χ4n) is 0.865. The van der Waals surface area contributed by atoms with E-state index in [1.54, 1.807) is 12.3 Å². The van der Waals surface area contributed by atoms with Crippen molar-refractivity contribution in [2.24, 2.45) is 0 Å². The smallest absolute Gasteiger partial charge is 0.316 e. The standard InChI is InChI=1S/C9H13N3O2/c1-7-3-4-11-9(12-7)14-6-5-10-8(2)13/h3-4H,5-6H2,1-2H3,(H,10,13). The predicted molar refractivity (Wildman–Crippen MR) is 50.9 cm³/mol. The van der Waals surface area contributed by atoms with Gasteiger partial charge >= 0.3 is 6.01 Å². The van der Waals surface area contributed by atoms with E-state index in [2.05, 4.69) is 15.3 Å². The van der Waals surface area contributed by atoms with Gasteiger partial charge in [0.15, 0.2) is 0 Å². The third kappa shape index (κ3) is 3.84. The lowest BCUT2D eigenvalue weighted by Gasteiger charge is -2.04. The number of aryl methyl sites for hydroxylation is 1. The average molecular weight is 195 g/mol. The second-order valence-corrected chi connectivity index (χ2v) is 2.81. The molecule has 14 heavy (non-hydrogen) atoms. The topological polar surface area (TPSA) is 64.1 Å². The molecule has 0 bridgehead atoms. The number of hydrogen-bond acceptors (Lipinski definition) is 4. The van der Waals surface area contributed by atoms with Gasteiger partial charge < -0.3 is 10.1 Å². The van der Waals surface area contributed by atoms with Crippen LogP contribution in [0, 0.1) is 6.92 Å². The Morgan fingerprint density at radius 3 is 3.07 bits per heavy atom. The summed E-state index contributed by atoms with van der Waals surface area (Å²) in [4.78, 5) is 18.5. The van der Waals surface area contributed by atoms with Crippen molar-refractivity contribution in [3.05, 3.63) is 18.0 Å². The number of amides is 1. The first-order valence-corrected chi connectivity index (χ1v) is 4.35. The molecular weight excluding hydrogens is 182 g/mol. The SMILES string of the molecule is CC(=O)NCCOc1nccc(C)n1. The van der Waals surface area contributed by atoms with Crippen molar-refractivity contribution in [3.8, 4) is 6.01 Å². The van der Waals surface area contributed by atoms with Crippen molar-refractivity contribution in [3.63, 3.8) is 0 Å². The number of hydrogen-bond donors (Lipinski definition) is 1. The highest BCUT2D eigenvalue weighted by Crippen LogP contribution is 2.00. The predicted octanol–water partition coefficient (Wildman–Crippen LogP) is 0.300. The van der Waals surface area contributed by atoms with Crippen molar-refractivity contribution in [1.82, 2.24) is 15.3 Å². The van der Waals surface area contributed by atoms with Crippen molar-refractivity contribution in [1.29, 1.82) is 0 Å². The van der Waals surface area contributed by atoms with Crippen LogP contribution in [0.1, 0.15) is 12.6 Å². The second-order valence-electron chi connectivity index (χ2n) is 2.81. The van der Waals surface area contributed by atoms with Gasteiger partial charge in [0.2, 0.25) is 5.91 Å². The maximum Gasteiger partial charge on any atom is 0.316 e. The Morgan fingerprint density at radius 2 is 2.43 bits per heavy atom. The number of carbonyl (C=O) groups excluding carboxylic acids is 1. The fraction of sp³-hybridized carbons (Fsp3) is 0.444. The summed E-state index contributed by atoms with van der Waals surface area (Å²) in [5, 5.41) is 2.61. The van der Waals surface area contributed by atoms with E-state index in [9.17, 15) is 4.79 Å². The monoisotopic (exact) mass is 195 g/mol. The summed E-state index contributed by atoms with van der Waals surface area (Å²) < 4.78 is 5.20. The van der Waals surface area contributed by atoms with Gasteiger partial charge in [0.1, 0.15) is 6.61 Å². The van der Waals surface area contributed by atoms with E-state index >= 15 is 0 Å². The normalized spacial score (nSPS) is 9.57. The van der Waals surface area contributed by atoms with Crippen LogP contribution in [-0.4, -0.2) is 29.0 Å². The molecule has 0 spiro atoms. The molecule has 0 aliphatic heterocycles. The molecule has 1 aromatic heterocycles. The van der Waals surface area contributed by atoms with Crippen molar-refractivity contribution in [2.45, 2.75) is 13.8 Å². The van der Waals surface area contributed by atoms with Crippen LogP contribution in [0.5, 0.6) is 6.01 Å². The van der Waals surface area contributed by atoms with Gasteiger partial charge in [0.25, 0.3) is 0 Å². The van der Waals surface area contributed by atoms with Gasteiger partial charge in [-0.05, 0) is 13.0 Å². The first-order chi connectivity index (χ1) is 6.68. The largest absolute Gasteiger partial charge is 0.462 e. The number of ether oxygens (including phenoxy) is 1. The molecule has 5 nitrogen and oxygen atoms in total. The van der Waals surface area contributed by atoms with Crippen LogP contribution in [0.4, 0.5) is 0 Å². The molecule has 0 aromatic carbocycles. The molecule has 1 rings (SSSR count). The van der Waals surface area contributed by atoms with Gasteiger partial charge in [0, 0.05) is 18.8 Å². The molecule has 0 fully saturated rings. The average Bonchev–Trinajstić information content (AvgIpc) is 2.12. The molecule has 0 saturated heterocycles. The number of aromatic nitrogens is 2. The third-order valence-electron chi connectivity index (χ3n) is 1.48. The lowest BCUT2D eigenvalue weighted by Crippen LogP contribution is -2.25. The molecule has 0 radical (unpaired) electrons. The minimum Gasteiger partial charge on any atom is -0.462 e. The van der Waals surface area contributed by atoms with E-state index in [0.29, 0.717) is 19.2 Å². The zero-order valence-corrected chi connectivity index (χ0v) is 8.28. The van der Waals surface area contributed by atoms with Gasteiger partial charge in [-0.2, -0.15) is 0 Å². The van der Waals surface area contributed by atoms with E-state index in [1.807, 2.05) is 6.92 Å². The van der Waals surface area contributed by atoms with Gasteiger partial charge in [0.05, 0.1) is 6.54 Å². The Labute approximate surface area is 82.5 Å². The maximum atomic E-state index is 10.5. The molecule has 1 N–H and O–H groups in total. The highest BCUT2D eigenvalue weighted by Gasteiger charge is 1.97. The molecule has 1 heterocycles. The molecular formula is C9H13N3O2. The quantitative estimate of drug-likeness (QED) is 0.702. The zero-order valence-electron chi connectivity index (χ0n) is 8.28. The number of nitrogens with one attached hydrogen (secondary N) is 1. The van der Waals surface area contributed by atoms with Crippen LogP contribution in [0.25, 0.3) is 0 Å². The Bertz CT molecular complexity index is 315. The molecule has 0 saturated carbocycles. The van der Waals surface area contributed by atoms with Crippen LogP contribution in [0.15, 0.2) is 12.3 Å². The minimum atomic E-state index is -0.0706. The van der Waals surface area contributed by atoms with E-state index in [-0.39, 0.29) is 5.91 Å². The molecule has 1 amide bonds. The lowest BCUT2D eigenvalue weighted by atomic mass is 10.5. The summed E-state index contributed by atoms with van der Waals surface area (Å²) in [5.41, 5.74) is 0.856. The maximum absolute atomic E-state index is 10.5. The lowest BCUT2D eigenvalue weighted by molar-refractivity contribution is -0.119. The highest BCUT2D eigenvalue weighted by molar-refractivity contribution is 5.72. The summed E-state index contributed by atoms with van der Waals surface area (Å²) in [7, 11) is 0. The molecule has 76 valence electrons. The van der Waals surface area contributed by atoms with Gasteiger partial charge in [-0.3, -0.25) is 4.79 Å². The highest BCUT2D eigenvalue weighted by atomic mass is 16.5. The van der Waals surface area contributed by atoms with Crippen LogP contribution in [0.3, 0.4) is 0 Å². The third-order valence-corrected chi connectivity index (χ3v) is 1.48. The molecule has 0 aliphatic rings. The fourth-order valence-corrected chi connectivity index (χ4v) is 0.865. The van der Waals surface area contributed by atoms with Crippen LogP contribution >= 0.6 is 0 Å². The van der Waals surface area contributed by atoms with E-state index in [0.717, 1.165) is 5.69 Å². The molecule has 0 aliphatic carbocycles. The Kier molecular flexibility index (Phi) is 3.84.